The van der Waals surface area contributed by atoms with Crippen LogP contribution in [-0.2, 0) is 11.2 Å². The van der Waals surface area contributed by atoms with E-state index in [2.05, 4.69) is 35.8 Å². The van der Waals surface area contributed by atoms with Gasteiger partial charge in [0.1, 0.15) is 11.6 Å². The van der Waals surface area contributed by atoms with Crippen LogP contribution in [0.1, 0.15) is 69.5 Å². The van der Waals surface area contributed by atoms with Gasteiger partial charge in [0.25, 0.3) is 5.91 Å². The van der Waals surface area contributed by atoms with Gasteiger partial charge in [0, 0.05) is 11.7 Å². The number of nitriles is 1. The molecule has 2 N–H and O–H groups in total. The van der Waals surface area contributed by atoms with Crippen LogP contribution in [0.25, 0.3) is 0 Å². The number of benzene rings is 1. The molecule has 4 saturated carbocycles. The molecule has 0 radical (unpaired) electrons. The zero-order chi connectivity index (χ0) is 19.7. The maximum absolute atomic E-state index is 12.7. The number of hydrogen-bond acceptors (Lipinski definition) is 3. The van der Waals surface area contributed by atoms with E-state index in [1.807, 2.05) is 19.1 Å². The molecule has 0 saturated heterocycles. The molecule has 1 amide bonds. The van der Waals surface area contributed by atoms with Gasteiger partial charge in [0.05, 0.1) is 6.04 Å². The Bertz CT molecular complexity index is 767. The first-order chi connectivity index (χ1) is 13.5. The van der Waals surface area contributed by atoms with Gasteiger partial charge in [-0.05, 0) is 80.8 Å². The molecule has 4 bridgehead atoms. The highest BCUT2D eigenvalue weighted by Crippen LogP contribution is 2.55. The Balaban J connectivity index is 1.40. The molecule has 1 aromatic carbocycles. The molecule has 148 valence electrons. The van der Waals surface area contributed by atoms with Crippen molar-refractivity contribution in [3.8, 4) is 6.07 Å². The average molecular weight is 378 g/mol. The van der Waals surface area contributed by atoms with Crippen LogP contribution >= 0.6 is 0 Å². The Hall–Kier alpha value is -2.28. The first-order valence-electron chi connectivity index (χ1n) is 10.8. The van der Waals surface area contributed by atoms with Crippen molar-refractivity contribution in [2.24, 2.45) is 17.8 Å². The minimum Gasteiger partial charge on any atom is -0.384 e. The molecule has 0 aromatic heterocycles. The zero-order valence-electron chi connectivity index (χ0n) is 17.0. The fraction of sp³-hybridized carbons (Fsp3) is 0.583. The summed E-state index contributed by atoms with van der Waals surface area (Å²) < 4.78 is 0. The molecule has 1 atom stereocenters. The summed E-state index contributed by atoms with van der Waals surface area (Å²) in [5.41, 5.74) is 2.61. The summed E-state index contributed by atoms with van der Waals surface area (Å²) in [4.78, 5) is 12.7. The van der Waals surface area contributed by atoms with E-state index in [-0.39, 0.29) is 23.1 Å². The summed E-state index contributed by atoms with van der Waals surface area (Å²) in [6.45, 7) is 4.08. The summed E-state index contributed by atoms with van der Waals surface area (Å²) in [5.74, 6) is 2.19. The van der Waals surface area contributed by atoms with Crippen molar-refractivity contribution in [1.82, 2.24) is 10.6 Å². The lowest BCUT2D eigenvalue weighted by molar-refractivity contribution is -0.117. The summed E-state index contributed by atoms with van der Waals surface area (Å²) in [6.07, 6.45) is 10.4. The first kappa shape index (κ1) is 19.1. The monoisotopic (exact) mass is 377 g/mol. The van der Waals surface area contributed by atoms with Gasteiger partial charge >= 0.3 is 0 Å². The van der Waals surface area contributed by atoms with Crippen LogP contribution in [0.15, 0.2) is 36.0 Å². The van der Waals surface area contributed by atoms with Gasteiger partial charge in [0.2, 0.25) is 0 Å². The van der Waals surface area contributed by atoms with Crippen molar-refractivity contribution < 1.29 is 4.79 Å². The highest BCUT2D eigenvalue weighted by molar-refractivity contribution is 5.97. The van der Waals surface area contributed by atoms with E-state index < -0.39 is 0 Å². The smallest absolute Gasteiger partial charge is 0.263 e. The molecular formula is C24H31N3O. The van der Waals surface area contributed by atoms with Crippen LogP contribution in [0.5, 0.6) is 0 Å². The van der Waals surface area contributed by atoms with E-state index in [0.717, 1.165) is 29.7 Å². The third-order valence-electron chi connectivity index (χ3n) is 7.16. The summed E-state index contributed by atoms with van der Waals surface area (Å²) in [7, 11) is 0. The number of carbonyl (C=O) groups excluding carboxylic acids is 1. The molecular weight excluding hydrogens is 346 g/mol. The van der Waals surface area contributed by atoms with Gasteiger partial charge < -0.3 is 10.6 Å². The van der Waals surface area contributed by atoms with Crippen LogP contribution in [0.3, 0.4) is 0 Å². The van der Waals surface area contributed by atoms with Crippen LogP contribution in [-0.4, -0.2) is 11.4 Å². The van der Waals surface area contributed by atoms with Crippen molar-refractivity contribution >= 4 is 5.91 Å². The van der Waals surface area contributed by atoms with Crippen molar-refractivity contribution in [2.45, 2.75) is 70.4 Å². The number of nitrogens with zero attached hydrogens (tertiary/aromatic N) is 1. The number of aryl methyl sites for hydroxylation is 1. The molecule has 0 spiro atoms. The van der Waals surface area contributed by atoms with Crippen LogP contribution in [0.4, 0.5) is 0 Å². The van der Waals surface area contributed by atoms with Crippen molar-refractivity contribution in [3.05, 3.63) is 47.2 Å². The average Bonchev–Trinajstić information content (AvgIpc) is 2.67. The normalized spacial score (nSPS) is 31.9. The standard InChI is InChI=1S/C24H31N3O/c1-3-17-4-6-21(7-5-17)16(2)27-23(28)22(14-25)15-26-24-11-18-8-19(12-24)10-20(9-18)13-24/h4-7,15-16,18-20,26H,3,8-13H2,1-2H3,(H,27,28)/b22-15-. The Morgan fingerprint density at radius 3 is 2.25 bits per heavy atom. The van der Waals surface area contributed by atoms with Crippen LogP contribution < -0.4 is 10.6 Å². The van der Waals surface area contributed by atoms with E-state index in [1.165, 1.54) is 44.1 Å². The fourth-order valence-corrected chi connectivity index (χ4v) is 6.06. The molecule has 4 fully saturated rings. The quantitative estimate of drug-likeness (QED) is 0.571. The lowest BCUT2D eigenvalue weighted by atomic mass is 9.53. The molecule has 4 heteroatoms. The highest BCUT2D eigenvalue weighted by Gasteiger charge is 2.50. The van der Waals surface area contributed by atoms with Gasteiger partial charge in [-0.2, -0.15) is 5.26 Å². The molecule has 28 heavy (non-hydrogen) atoms. The van der Waals surface area contributed by atoms with Gasteiger partial charge in [0.15, 0.2) is 0 Å². The highest BCUT2D eigenvalue weighted by atomic mass is 16.1. The maximum atomic E-state index is 12.7. The van der Waals surface area contributed by atoms with Crippen molar-refractivity contribution in [1.29, 1.82) is 5.26 Å². The third kappa shape index (κ3) is 3.81. The van der Waals surface area contributed by atoms with Crippen LogP contribution in [0.2, 0.25) is 0 Å². The molecule has 5 rings (SSSR count). The molecule has 4 aliphatic rings. The van der Waals surface area contributed by atoms with E-state index in [1.54, 1.807) is 6.20 Å². The number of nitrogens with one attached hydrogen (secondary N) is 2. The maximum Gasteiger partial charge on any atom is 0.263 e. The Morgan fingerprint density at radius 2 is 1.75 bits per heavy atom. The largest absolute Gasteiger partial charge is 0.384 e. The third-order valence-corrected chi connectivity index (χ3v) is 7.16. The summed E-state index contributed by atoms with van der Waals surface area (Å²) in [6, 6.07) is 10.2. The van der Waals surface area contributed by atoms with E-state index in [9.17, 15) is 10.1 Å². The minimum atomic E-state index is -0.299. The molecule has 0 heterocycles. The van der Waals surface area contributed by atoms with Crippen LogP contribution in [0, 0.1) is 29.1 Å². The first-order valence-corrected chi connectivity index (χ1v) is 10.8. The predicted octanol–water partition coefficient (Wildman–Crippen LogP) is 4.39. The second-order valence-corrected chi connectivity index (χ2v) is 9.30. The zero-order valence-corrected chi connectivity index (χ0v) is 17.0. The molecule has 0 aliphatic heterocycles. The van der Waals surface area contributed by atoms with Gasteiger partial charge in [-0.3, -0.25) is 4.79 Å². The molecule has 1 aromatic rings. The summed E-state index contributed by atoms with van der Waals surface area (Å²) in [5, 5.41) is 16.1. The van der Waals surface area contributed by atoms with E-state index in [4.69, 9.17) is 0 Å². The summed E-state index contributed by atoms with van der Waals surface area (Å²) >= 11 is 0. The Morgan fingerprint density at radius 1 is 1.18 bits per heavy atom. The molecule has 1 unspecified atom stereocenters. The topological polar surface area (TPSA) is 64.9 Å². The number of amides is 1. The second-order valence-electron chi connectivity index (χ2n) is 9.30. The van der Waals surface area contributed by atoms with E-state index in [0.29, 0.717) is 0 Å². The van der Waals surface area contributed by atoms with Gasteiger partial charge in [-0.25, -0.2) is 0 Å². The Labute approximate surface area is 168 Å². The number of hydrogen-bond donors (Lipinski definition) is 2. The lowest BCUT2D eigenvalue weighted by Gasteiger charge is -2.56. The fourth-order valence-electron chi connectivity index (χ4n) is 6.06. The predicted molar refractivity (Wildman–Crippen MR) is 110 cm³/mol. The second kappa shape index (κ2) is 7.62. The molecule has 4 nitrogen and oxygen atoms in total. The number of carbonyl (C=O) groups is 1. The minimum absolute atomic E-state index is 0.110. The van der Waals surface area contributed by atoms with E-state index >= 15 is 0 Å². The molecule has 4 aliphatic carbocycles. The van der Waals surface area contributed by atoms with Crippen molar-refractivity contribution in [3.63, 3.8) is 0 Å². The SMILES string of the molecule is CCc1ccc(C(C)NC(=O)/C(C#N)=C\NC23CC4CC(CC(C4)C2)C3)cc1. The lowest BCUT2D eigenvalue weighted by Crippen LogP contribution is -2.57. The van der Waals surface area contributed by atoms with Crippen molar-refractivity contribution in [2.75, 3.05) is 0 Å². The number of rotatable bonds is 6. The van der Waals surface area contributed by atoms with Gasteiger partial charge in [-0.1, -0.05) is 31.2 Å². The van der Waals surface area contributed by atoms with Gasteiger partial charge in [-0.15, -0.1) is 0 Å². The Kier molecular flexibility index (Phi) is 5.19.